The molecule has 1 rings (SSSR count). The van der Waals surface area contributed by atoms with E-state index in [-0.39, 0.29) is 30.1 Å². The van der Waals surface area contributed by atoms with Crippen molar-refractivity contribution in [3.05, 3.63) is 29.8 Å². The van der Waals surface area contributed by atoms with E-state index < -0.39 is 6.10 Å². The monoisotopic (exact) mass is 522 g/mol. The molecular formula is C21H39IN4O3. The van der Waals surface area contributed by atoms with Gasteiger partial charge in [-0.2, -0.15) is 0 Å². The molecule has 3 N–H and O–H groups in total. The summed E-state index contributed by atoms with van der Waals surface area (Å²) in [5.41, 5.74) is 0.829. The fourth-order valence-corrected chi connectivity index (χ4v) is 2.58. The highest BCUT2D eigenvalue weighted by molar-refractivity contribution is 14.0. The number of likely N-dealkylation sites (N-methyl/N-ethyl adjacent to an activating group) is 1. The molecule has 0 aliphatic heterocycles. The molecule has 7 nitrogen and oxygen atoms in total. The summed E-state index contributed by atoms with van der Waals surface area (Å²) in [6.07, 6.45) is 0.488. The largest absolute Gasteiger partial charge is 0.491 e. The molecule has 1 unspecified atom stereocenters. The van der Waals surface area contributed by atoms with Gasteiger partial charge < -0.3 is 30.1 Å². The van der Waals surface area contributed by atoms with Crippen molar-refractivity contribution in [1.82, 2.24) is 15.5 Å². The second-order valence-electron chi connectivity index (χ2n) is 7.05. The Morgan fingerprint density at radius 3 is 2.45 bits per heavy atom. The molecule has 0 saturated carbocycles. The van der Waals surface area contributed by atoms with Crippen LogP contribution in [0.15, 0.2) is 29.3 Å². The van der Waals surface area contributed by atoms with Crippen LogP contribution in [0.1, 0.15) is 38.9 Å². The lowest BCUT2D eigenvalue weighted by Gasteiger charge is -2.17. The molecule has 0 bridgehead atoms. The Bertz CT molecular complexity index is 555. The molecule has 0 saturated heterocycles. The summed E-state index contributed by atoms with van der Waals surface area (Å²) in [6, 6.07) is 7.53. The normalized spacial score (nSPS) is 12.6. The Hall–Kier alpha value is -1.10. The summed E-state index contributed by atoms with van der Waals surface area (Å²) < 4.78 is 10.7. The number of hydrogen-bond donors (Lipinski definition) is 3. The molecular weight excluding hydrogens is 483 g/mol. The number of aliphatic hydroxyl groups excluding tert-OH is 1. The van der Waals surface area contributed by atoms with Crippen LogP contribution in [0.25, 0.3) is 0 Å². The number of hydrogen-bond acceptors (Lipinski definition) is 5. The van der Waals surface area contributed by atoms with Gasteiger partial charge in [0, 0.05) is 26.7 Å². The van der Waals surface area contributed by atoms with E-state index in [4.69, 9.17) is 9.47 Å². The van der Waals surface area contributed by atoms with Crippen molar-refractivity contribution in [2.24, 2.45) is 4.99 Å². The first kappa shape index (κ1) is 27.9. The molecule has 168 valence electrons. The van der Waals surface area contributed by atoms with E-state index in [9.17, 15) is 5.11 Å². The maximum atomic E-state index is 10.4. The van der Waals surface area contributed by atoms with Gasteiger partial charge in [-0.15, -0.1) is 24.0 Å². The highest BCUT2D eigenvalue weighted by Gasteiger charge is 2.08. The molecule has 1 aromatic carbocycles. The van der Waals surface area contributed by atoms with Crippen molar-refractivity contribution in [2.75, 3.05) is 53.5 Å². The fraction of sp³-hybridized carbons (Fsp3) is 0.667. The SMILES string of the molecule is CCNC(=NCC(O)c1ccc(OC(C)C)cc1)NCCCN(C)CCOC.I. The van der Waals surface area contributed by atoms with E-state index in [1.54, 1.807) is 7.11 Å². The Labute approximate surface area is 193 Å². The summed E-state index contributed by atoms with van der Waals surface area (Å²) >= 11 is 0. The number of aliphatic hydroxyl groups is 1. The van der Waals surface area contributed by atoms with Crippen LogP contribution >= 0.6 is 24.0 Å². The summed E-state index contributed by atoms with van der Waals surface area (Å²) in [6.45, 7) is 10.6. The van der Waals surface area contributed by atoms with E-state index in [0.717, 1.165) is 56.5 Å². The molecule has 0 spiro atoms. The number of benzene rings is 1. The van der Waals surface area contributed by atoms with E-state index >= 15 is 0 Å². The van der Waals surface area contributed by atoms with E-state index in [1.807, 2.05) is 45.0 Å². The van der Waals surface area contributed by atoms with Gasteiger partial charge in [-0.25, -0.2) is 0 Å². The van der Waals surface area contributed by atoms with E-state index in [1.165, 1.54) is 0 Å². The third-order valence-corrected chi connectivity index (χ3v) is 4.09. The van der Waals surface area contributed by atoms with Crippen molar-refractivity contribution in [3.63, 3.8) is 0 Å². The molecule has 1 aromatic rings. The Morgan fingerprint density at radius 2 is 1.86 bits per heavy atom. The summed E-state index contributed by atoms with van der Waals surface area (Å²) in [4.78, 5) is 6.75. The summed E-state index contributed by atoms with van der Waals surface area (Å²) in [5, 5.41) is 17.0. The van der Waals surface area contributed by atoms with Crippen LogP contribution in [-0.2, 0) is 4.74 Å². The molecule has 0 radical (unpaired) electrons. The first-order chi connectivity index (χ1) is 13.5. The number of ether oxygens (including phenoxy) is 2. The lowest BCUT2D eigenvalue weighted by Crippen LogP contribution is -2.39. The van der Waals surface area contributed by atoms with Crippen molar-refractivity contribution in [1.29, 1.82) is 0 Å². The maximum absolute atomic E-state index is 10.4. The minimum atomic E-state index is -0.649. The Kier molecular flexibility index (Phi) is 16.0. The number of nitrogens with zero attached hydrogens (tertiary/aromatic N) is 2. The third kappa shape index (κ3) is 12.9. The van der Waals surface area contributed by atoms with Gasteiger partial charge in [0.15, 0.2) is 5.96 Å². The van der Waals surface area contributed by atoms with Crippen LogP contribution in [0.5, 0.6) is 5.75 Å². The lowest BCUT2D eigenvalue weighted by molar-refractivity contribution is 0.161. The summed E-state index contributed by atoms with van der Waals surface area (Å²) in [7, 11) is 3.81. The highest BCUT2D eigenvalue weighted by Crippen LogP contribution is 2.19. The average Bonchev–Trinajstić information content (AvgIpc) is 2.67. The molecule has 0 aliphatic rings. The maximum Gasteiger partial charge on any atom is 0.191 e. The van der Waals surface area contributed by atoms with Crippen LogP contribution < -0.4 is 15.4 Å². The quantitative estimate of drug-likeness (QED) is 0.160. The van der Waals surface area contributed by atoms with E-state index in [0.29, 0.717) is 6.54 Å². The van der Waals surface area contributed by atoms with Gasteiger partial charge >= 0.3 is 0 Å². The molecule has 0 fully saturated rings. The second kappa shape index (κ2) is 16.7. The van der Waals surface area contributed by atoms with Crippen molar-refractivity contribution < 1.29 is 14.6 Å². The Balaban J connectivity index is 0.00000784. The third-order valence-electron chi connectivity index (χ3n) is 4.09. The van der Waals surface area contributed by atoms with Crippen LogP contribution in [0, 0.1) is 0 Å². The number of rotatable bonds is 13. The van der Waals surface area contributed by atoms with Crippen LogP contribution in [0.3, 0.4) is 0 Å². The van der Waals surface area contributed by atoms with Gasteiger partial charge in [0.05, 0.1) is 25.4 Å². The molecule has 0 heterocycles. The zero-order valence-corrected chi connectivity index (χ0v) is 20.8. The van der Waals surface area contributed by atoms with Gasteiger partial charge in [0.25, 0.3) is 0 Å². The molecule has 29 heavy (non-hydrogen) atoms. The topological polar surface area (TPSA) is 78.4 Å². The van der Waals surface area contributed by atoms with Gasteiger partial charge in [-0.05, 0) is 58.5 Å². The van der Waals surface area contributed by atoms with E-state index in [2.05, 4.69) is 27.6 Å². The number of guanidine groups is 1. The average molecular weight is 522 g/mol. The van der Waals surface area contributed by atoms with Crippen molar-refractivity contribution in [2.45, 2.75) is 39.4 Å². The molecule has 0 aromatic heterocycles. The van der Waals surface area contributed by atoms with Gasteiger partial charge in [-0.1, -0.05) is 12.1 Å². The molecule has 8 heteroatoms. The van der Waals surface area contributed by atoms with Crippen molar-refractivity contribution >= 4 is 29.9 Å². The predicted molar refractivity (Wildman–Crippen MR) is 131 cm³/mol. The van der Waals surface area contributed by atoms with Gasteiger partial charge in [-0.3, -0.25) is 4.99 Å². The number of nitrogens with one attached hydrogen (secondary N) is 2. The molecule has 0 amide bonds. The zero-order chi connectivity index (χ0) is 20.8. The van der Waals surface area contributed by atoms with Gasteiger partial charge in [0.1, 0.15) is 5.75 Å². The Morgan fingerprint density at radius 1 is 1.17 bits per heavy atom. The fourth-order valence-electron chi connectivity index (χ4n) is 2.58. The first-order valence-electron chi connectivity index (χ1n) is 10.1. The van der Waals surface area contributed by atoms with Crippen LogP contribution in [0.2, 0.25) is 0 Å². The lowest BCUT2D eigenvalue weighted by atomic mass is 10.1. The van der Waals surface area contributed by atoms with Gasteiger partial charge in [0.2, 0.25) is 0 Å². The smallest absolute Gasteiger partial charge is 0.191 e. The minimum Gasteiger partial charge on any atom is -0.491 e. The van der Waals surface area contributed by atoms with Crippen LogP contribution in [0.4, 0.5) is 0 Å². The minimum absolute atomic E-state index is 0. The standard InChI is InChI=1S/C21H38N4O3.HI/c1-6-22-21(23-12-7-13-25(4)14-15-27-5)24-16-20(26)18-8-10-19(11-9-18)28-17(2)3;/h8-11,17,20,26H,6-7,12-16H2,1-5H3,(H2,22,23,24);1H. The second-order valence-corrected chi connectivity index (χ2v) is 7.05. The predicted octanol–water partition coefficient (Wildman–Crippen LogP) is 2.65. The first-order valence-corrected chi connectivity index (χ1v) is 10.1. The highest BCUT2D eigenvalue weighted by atomic mass is 127. The van der Waals surface area contributed by atoms with Crippen LogP contribution in [-0.4, -0.2) is 75.6 Å². The summed E-state index contributed by atoms with van der Waals surface area (Å²) in [5.74, 6) is 1.53. The number of halogens is 1. The number of methoxy groups -OCH3 is 1. The zero-order valence-electron chi connectivity index (χ0n) is 18.5. The molecule has 1 atom stereocenters. The number of aliphatic imine (C=N–C) groups is 1. The van der Waals surface area contributed by atoms with Crippen molar-refractivity contribution in [3.8, 4) is 5.75 Å². The molecule has 0 aliphatic carbocycles.